The number of benzene rings is 2. The first kappa shape index (κ1) is 25.6. The third-order valence-electron chi connectivity index (χ3n) is 6.87. The highest BCUT2D eigenvalue weighted by Crippen LogP contribution is 2.26. The number of nitrogens with zero attached hydrogens (tertiary/aromatic N) is 6. The van der Waals surface area contributed by atoms with Crippen LogP contribution in [0.3, 0.4) is 0 Å². The third kappa shape index (κ3) is 6.10. The van der Waals surface area contributed by atoms with Crippen molar-refractivity contribution >= 4 is 46.5 Å². The molecule has 2 aliphatic rings. The Bertz CT molecular complexity index is 1250. The van der Waals surface area contributed by atoms with E-state index in [1.165, 1.54) is 29.1 Å². The molecule has 2 aliphatic heterocycles. The maximum atomic E-state index is 14.2. The van der Waals surface area contributed by atoms with Gasteiger partial charge in [0.05, 0.1) is 11.4 Å². The molecule has 0 atom stereocenters. The van der Waals surface area contributed by atoms with E-state index in [9.17, 15) is 9.18 Å². The molecule has 0 unspecified atom stereocenters. The number of piperazine rings is 2. The van der Waals surface area contributed by atoms with E-state index in [2.05, 4.69) is 44.9 Å². The van der Waals surface area contributed by atoms with Gasteiger partial charge in [0.1, 0.15) is 16.8 Å². The van der Waals surface area contributed by atoms with Gasteiger partial charge in [0.2, 0.25) is 5.91 Å². The van der Waals surface area contributed by atoms with Crippen molar-refractivity contribution in [2.24, 2.45) is 0 Å². The van der Waals surface area contributed by atoms with Crippen molar-refractivity contribution in [2.75, 3.05) is 72.8 Å². The number of hydrogen-bond acceptors (Lipinski definition) is 7. The predicted molar refractivity (Wildman–Crippen MR) is 149 cm³/mol. The zero-order valence-electron chi connectivity index (χ0n) is 20.8. The van der Waals surface area contributed by atoms with Crippen LogP contribution in [-0.4, -0.2) is 78.9 Å². The Morgan fingerprint density at radius 2 is 1.46 bits per heavy atom. The van der Waals surface area contributed by atoms with Crippen molar-refractivity contribution in [1.82, 2.24) is 14.9 Å². The average Bonchev–Trinajstić information content (AvgIpc) is 2.92. The summed E-state index contributed by atoms with van der Waals surface area (Å²) in [5.41, 5.74) is 3.11. The van der Waals surface area contributed by atoms with Crippen LogP contribution in [0.4, 0.5) is 21.6 Å². The van der Waals surface area contributed by atoms with Crippen LogP contribution in [-0.2, 0) is 4.79 Å². The molecule has 194 valence electrons. The van der Waals surface area contributed by atoms with E-state index in [4.69, 9.17) is 11.6 Å². The standard InChI is InChI=1S/C27H30ClFN6OS/c1-20-6-2-4-8-22(20)32-12-16-35(17-13-32)26(36)19-37-27-30-24(28)18-25(31-27)34-14-10-33(11-15-34)23-9-5-3-7-21(23)29/h2-9,18H,10-17,19H2,1H3. The van der Waals surface area contributed by atoms with Gasteiger partial charge in [-0.2, -0.15) is 0 Å². The molecule has 0 saturated carbocycles. The van der Waals surface area contributed by atoms with Gasteiger partial charge in [0.25, 0.3) is 0 Å². The molecule has 2 saturated heterocycles. The Hall–Kier alpha value is -3.04. The van der Waals surface area contributed by atoms with Crippen molar-refractivity contribution < 1.29 is 9.18 Å². The van der Waals surface area contributed by atoms with E-state index in [-0.39, 0.29) is 17.5 Å². The first-order valence-corrected chi connectivity index (χ1v) is 13.8. The third-order valence-corrected chi connectivity index (χ3v) is 7.90. The number of carbonyl (C=O) groups is 1. The molecule has 0 bridgehead atoms. The molecule has 0 radical (unpaired) electrons. The van der Waals surface area contributed by atoms with Crippen molar-refractivity contribution in [1.29, 1.82) is 0 Å². The first-order valence-electron chi connectivity index (χ1n) is 12.5. The van der Waals surface area contributed by atoms with Crippen molar-refractivity contribution in [2.45, 2.75) is 12.1 Å². The van der Waals surface area contributed by atoms with E-state index in [0.717, 1.165) is 18.9 Å². The lowest BCUT2D eigenvalue weighted by Gasteiger charge is -2.37. The maximum absolute atomic E-state index is 14.2. The van der Waals surface area contributed by atoms with Gasteiger partial charge in [-0.05, 0) is 30.7 Å². The molecule has 2 fully saturated rings. The lowest BCUT2D eigenvalue weighted by Crippen LogP contribution is -2.49. The Kier molecular flexibility index (Phi) is 8.00. The molecule has 0 spiro atoms. The number of anilines is 3. The molecule has 5 rings (SSSR count). The SMILES string of the molecule is Cc1ccccc1N1CCN(C(=O)CSc2nc(Cl)cc(N3CCN(c4ccccc4F)CC3)n2)CC1. The molecule has 2 aromatic carbocycles. The molecule has 10 heteroatoms. The maximum Gasteiger partial charge on any atom is 0.233 e. The van der Waals surface area contributed by atoms with Crippen molar-refractivity contribution in [3.63, 3.8) is 0 Å². The second-order valence-corrected chi connectivity index (χ2v) is 10.5. The summed E-state index contributed by atoms with van der Waals surface area (Å²) in [7, 11) is 0. The summed E-state index contributed by atoms with van der Waals surface area (Å²) < 4.78 is 14.2. The van der Waals surface area contributed by atoms with Gasteiger partial charge in [-0.3, -0.25) is 4.79 Å². The Balaban J connectivity index is 1.14. The van der Waals surface area contributed by atoms with Crippen LogP contribution in [0, 0.1) is 12.7 Å². The molecular weight excluding hydrogens is 511 g/mol. The number of hydrogen-bond donors (Lipinski definition) is 0. The summed E-state index contributed by atoms with van der Waals surface area (Å²) in [4.78, 5) is 30.3. The average molecular weight is 541 g/mol. The molecule has 3 aromatic rings. The molecular formula is C27H30ClFN6OS. The van der Waals surface area contributed by atoms with Gasteiger partial charge in [-0.15, -0.1) is 0 Å². The Labute approximate surface area is 226 Å². The highest BCUT2D eigenvalue weighted by Gasteiger charge is 2.24. The number of amides is 1. The summed E-state index contributed by atoms with van der Waals surface area (Å²) in [5, 5.41) is 0.842. The van der Waals surface area contributed by atoms with Crippen LogP contribution in [0.5, 0.6) is 0 Å². The minimum absolute atomic E-state index is 0.0815. The summed E-state index contributed by atoms with van der Waals surface area (Å²) in [5.74, 6) is 0.875. The largest absolute Gasteiger partial charge is 0.368 e. The van der Waals surface area contributed by atoms with E-state index in [1.807, 2.05) is 21.9 Å². The highest BCUT2D eigenvalue weighted by atomic mass is 35.5. The molecule has 0 N–H and O–H groups in total. The summed E-state index contributed by atoms with van der Waals surface area (Å²) in [6, 6.07) is 16.9. The van der Waals surface area contributed by atoms with Crippen LogP contribution in [0.15, 0.2) is 59.8 Å². The minimum atomic E-state index is -0.207. The number of halogens is 2. The van der Waals surface area contributed by atoms with Crippen molar-refractivity contribution in [3.8, 4) is 0 Å². The second-order valence-electron chi connectivity index (χ2n) is 9.20. The van der Waals surface area contributed by atoms with Gasteiger partial charge < -0.3 is 19.6 Å². The monoisotopic (exact) mass is 540 g/mol. The fourth-order valence-corrected chi connectivity index (χ4v) is 5.81. The fraction of sp³-hybridized carbons (Fsp3) is 0.370. The smallest absolute Gasteiger partial charge is 0.233 e. The van der Waals surface area contributed by atoms with Crippen LogP contribution in [0.25, 0.3) is 0 Å². The van der Waals surface area contributed by atoms with Gasteiger partial charge in [-0.25, -0.2) is 14.4 Å². The van der Waals surface area contributed by atoms with E-state index in [1.54, 1.807) is 18.2 Å². The topological polar surface area (TPSA) is 55.8 Å². The molecule has 3 heterocycles. The van der Waals surface area contributed by atoms with Gasteiger partial charge in [0.15, 0.2) is 5.16 Å². The zero-order chi connectivity index (χ0) is 25.8. The fourth-order valence-electron chi connectivity index (χ4n) is 4.83. The molecule has 7 nitrogen and oxygen atoms in total. The normalized spacial score (nSPS) is 16.3. The lowest BCUT2D eigenvalue weighted by molar-refractivity contribution is -0.128. The number of para-hydroxylation sites is 2. The molecule has 37 heavy (non-hydrogen) atoms. The predicted octanol–water partition coefficient (Wildman–Crippen LogP) is 4.35. The van der Waals surface area contributed by atoms with Crippen LogP contribution in [0.1, 0.15) is 5.56 Å². The highest BCUT2D eigenvalue weighted by molar-refractivity contribution is 7.99. The van der Waals surface area contributed by atoms with Gasteiger partial charge >= 0.3 is 0 Å². The molecule has 0 aliphatic carbocycles. The Morgan fingerprint density at radius 1 is 0.865 bits per heavy atom. The van der Waals surface area contributed by atoms with Gasteiger partial charge in [-0.1, -0.05) is 53.7 Å². The summed E-state index contributed by atoms with van der Waals surface area (Å²) >= 11 is 7.63. The van der Waals surface area contributed by atoms with E-state index in [0.29, 0.717) is 55.3 Å². The number of rotatable bonds is 6. The molecule has 1 amide bonds. The minimum Gasteiger partial charge on any atom is -0.368 e. The van der Waals surface area contributed by atoms with E-state index < -0.39 is 0 Å². The van der Waals surface area contributed by atoms with Crippen LogP contribution in [0.2, 0.25) is 5.15 Å². The number of thioether (sulfide) groups is 1. The first-order chi connectivity index (χ1) is 18.0. The summed E-state index contributed by atoms with van der Waals surface area (Å²) in [6.07, 6.45) is 0. The van der Waals surface area contributed by atoms with E-state index >= 15 is 0 Å². The van der Waals surface area contributed by atoms with Gasteiger partial charge in [0, 0.05) is 64.1 Å². The number of carbonyl (C=O) groups excluding carboxylic acids is 1. The second kappa shape index (κ2) is 11.6. The quantitative estimate of drug-likeness (QED) is 0.262. The summed E-state index contributed by atoms with van der Waals surface area (Å²) in [6.45, 7) is 7.88. The van der Waals surface area contributed by atoms with Crippen LogP contribution >= 0.6 is 23.4 Å². The molecule has 1 aromatic heterocycles. The van der Waals surface area contributed by atoms with Crippen molar-refractivity contribution in [3.05, 3.63) is 71.1 Å². The number of aryl methyl sites for hydroxylation is 1. The Morgan fingerprint density at radius 3 is 2.16 bits per heavy atom. The number of aromatic nitrogens is 2. The lowest BCUT2D eigenvalue weighted by atomic mass is 10.1. The zero-order valence-corrected chi connectivity index (χ0v) is 22.4. The van der Waals surface area contributed by atoms with Crippen LogP contribution < -0.4 is 14.7 Å².